The van der Waals surface area contributed by atoms with Crippen LogP contribution in [0.2, 0.25) is 0 Å². The lowest BCUT2D eigenvalue weighted by Crippen LogP contribution is -2.82. The Kier molecular flexibility index (Phi) is 5.73. The van der Waals surface area contributed by atoms with Crippen molar-refractivity contribution >= 4 is 5.97 Å². The topological polar surface area (TPSA) is 107 Å². The van der Waals surface area contributed by atoms with Crippen molar-refractivity contribution in [1.82, 2.24) is 4.90 Å². The van der Waals surface area contributed by atoms with Gasteiger partial charge in [-0.1, -0.05) is 6.92 Å². The summed E-state index contributed by atoms with van der Waals surface area (Å²) in [5.41, 5.74) is -4.12. The minimum Gasteiger partial charge on any atom is -0.459 e. The van der Waals surface area contributed by atoms with Crippen molar-refractivity contribution < 1.29 is 38.7 Å². The van der Waals surface area contributed by atoms with Crippen molar-refractivity contribution in [2.45, 2.75) is 81.2 Å². The van der Waals surface area contributed by atoms with Crippen molar-refractivity contribution in [3.63, 3.8) is 0 Å². The maximum Gasteiger partial charge on any atom is 0.303 e. The zero-order valence-electron chi connectivity index (χ0n) is 22.4. The number of carbonyl (C=O) groups is 1. The maximum atomic E-state index is 13.2. The monoisotopic (exact) mass is 509 g/mol. The number of likely N-dealkylation sites (N-methyl/N-ethyl adjacent to an activating group) is 1. The minimum atomic E-state index is -1.71. The number of piperidine rings is 1. The van der Waals surface area contributed by atoms with Crippen LogP contribution in [0, 0.1) is 34.5 Å². The van der Waals surface area contributed by atoms with E-state index in [0.29, 0.717) is 13.2 Å². The largest absolute Gasteiger partial charge is 0.459 e. The highest BCUT2D eigenvalue weighted by molar-refractivity contribution is 5.67. The van der Waals surface area contributed by atoms with Crippen molar-refractivity contribution in [2.24, 2.45) is 34.5 Å². The summed E-state index contributed by atoms with van der Waals surface area (Å²) in [6, 6.07) is -0.419. The Morgan fingerprint density at radius 1 is 1.11 bits per heavy atom. The number of hydrogen-bond donors (Lipinski definition) is 2. The van der Waals surface area contributed by atoms with E-state index in [-0.39, 0.29) is 53.8 Å². The molecule has 0 amide bonds. The molecular formula is C27H43NO8. The van der Waals surface area contributed by atoms with Crippen LogP contribution in [-0.4, -0.2) is 111 Å². The van der Waals surface area contributed by atoms with Crippen LogP contribution in [0.5, 0.6) is 0 Å². The van der Waals surface area contributed by atoms with Crippen molar-refractivity contribution in [1.29, 1.82) is 0 Å². The van der Waals surface area contributed by atoms with Crippen LogP contribution in [0.4, 0.5) is 0 Å². The Hall–Kier alpha value is -0.810. The first-order chi connectivity index (χ1) is 17.2. The van der Waals surface area contributed by atoms with E-state index in [0.717, 1.165) is 25.8 Å². The van der Waals surface area contributed by atoms with Crippen LogP contribution in [0.25, 0.3) is 0 Å². The number of carbonyl (C=O) groups excluding carboxylic acids is 1. The van der Waals surface area contributed by atoms with E-state index < -0.39 is 34.7 Å². The Morgan fingerprint density at radius 2 is 1.86 bits per heavy atom. The van der Waals surface area contributed by atoms with E-state index in [1.165, 1.54) is 6.92 Å². The highest BCUT2D eigenvalue weighted by Gasteiger charge is 2.92. The third-order valence-corrected chi connectivity index (χ3v) is 11.8. The van der Waals surface area contributed by atoms with Gasteiger partial charge < -0.3 is 33.9 Å². The minimum absolute atomic E-state index is 0.0178. The molecule has 36 heavy (non-hydrogen) atoms. The smallest absolute Gasteiger partial charge is 0.303 e. The lowest BCUT2D eigenvalue weighted by molar-refractivity contribution is -0.320. The van der Waals surface area contributed by atoms with E-state index in [2.05, 4.69) is 11.8 Å². The van der Waals surface area contributed by atoms with Crippen LogP contribution in [0.3, 0.4) is 0 Å². The molecule has 5 saturated carbocycles. The molecule has 0 radical (unpaired) electrons. The summed E-state index contributed by atoms with van der Waals surface area (Å²) >= 11 is 0. The van der Waals surface area contributed by atoms with Crippen molar-refractivity contribution in [3.8, 4) is 0 Å². The van der Waals surface area contributed by atoms with Crippen molar-refractivity contribution in [2.75, 3.05) is 48.1 Å². The number of nitrogens with zero attached hydrogens (tertiary/aromatic N) is 1. The second-order valence-corrected chi connectivity index (χ2v) is 12.5. The summed E-state index contributed by atoms with van der Waals surface area (Å²) in [7, 11) is 6.86. The first-order valence-corrected chi connectivity index (χ1v) is 13.6. The summed E-state index contributed by atoms with van der Waals surface area (Å²) in [6.45, 7) is 5.43. The highest BCUT2D eigenvalue weighted by atomic mass is 16.6. The van der Waals surface area contributed by atoms with Gasteiger partial charge in [-0.2, -0.15) is 0 Å². The average molecular weight is 510 g/mol. The van der Waals surface area contributed by atoms with Crippen LogP contribution in [0.15, 0.2) is 0 Å². The molecule has 6 fully saturated rings. The second-order valence-electron chi connectivity index (χ2n) is 12.5. The van der Waals surface area contributed by atoms with Crippen molar-refractivity contribution in [3.05, 3.63) is 0 Å². The Bertz CT molecular complexity index is 918. The van der Waals surface area contributed by atoms with Crippen LogP contribution in [-0.2, 0) is 28.5 Å². The molecule has 1 aliphatic heterocycles. The van der Waals surface area contributed by atoms with Crippen LogP contribution < -0.4 is 0 Å². The quantitative estimate of drug-likeness (QED) is 0.483. The Balaban J connectivity index is 1.69. The fourth-order valence-electron chi connectivity index (χ4n) is 11.3. The molecule has 6 rings (SSSR count). The zero-order valence-corrected chi connectivity index (χ0v) is 22.4. The summed E-state index contributed by atoms with van der Waals surface area (Å²) in [5, 5.41) is 26.1. The molecule has 204 valence electrons. The van der Waals surface area contributed by atoms with Gasteiger partial charge in [0.15, 0.2) is 0 Å². The molecule has 9 heteroatoms. The van der Waals surface area contributed by atoms with Gasteiger partial charge in [0.05, 0.1) is 31.0 Å². The van der Waals surface area contributed by atoms with Gasteiger partial charge in [-0.25, -0.2) is 0 Å². The molecule has 2 N–H and O–H groups in total. The first-order valence-electron chi connectivity index (χ1n) is 13.6. The molecule has 9 nitrogen and oxygen atoms in total. The predicted molar refractivity (Wildman–Crippen MR) is 128 cm³/mol. The average Bonchev–Trinajstić information content (AvgIpc) is 3.26. The molecule has 5 aliphatic carbocycles. The summed E-state index contributed by atoms with van der Waals surface area (Å²) < 4.78 is 30.4. The summed E-state index contributed by atoms with van der Waals surface area (Å²) in [6.07, 6.45) is 1.24. The van der Waals surface area contributed by atoms with Gasteiger partial charge in [-0.05, 0) is 31.7 Å². The molecule has 1 spiro atoms. The number of rotatable bonds is 7. The van der Waals surface area contributed by atoms with E-state index in [1.807, 2.05) is 0 Å². The molecule has 0 aromatic rings. The Morgan fingerprint density at radius 3 is 2.44 bits per heavy atom. The molecule has 0 aromatic heterocycles. The molecule has 1 heterocycles. The zero-order chi connectivity index (χ0) is 25.8. The molecule has 6 aliphatic rings. The molecule has 1 unspecified atom stereocenters. The normalized spacial score (nSPS) is 56.6. The number of likely N-dealkylation sites (tertiary alicyclic amines) is 1. The summed E-state index contributed by atoms with van der Waals surface area (Å²) in [5.74, 6) is -0.825. The van der Waals surface area contributed by atoms with E-state index in [4.69, 9.17) is 23.7 Å². The number of aliphatic hydroxyl groups is 2. The molecule has 7 bridgehead atoms. The lowest BCUT2D eigenvalue weighted by atomic mass is 9.42. The lowest BCUT2D eigenvalue weighted by Gasteiger charge is -2.70. The summed E-state index contributed by atoms with van der Waals surface area (Å²) in [4.78, 5) is 15.0. The standard InChI is InChI=1S/C27H43NO8/c1-7-28-12-24(13-32-3)9-8-18(34-5)26-16-10-15-17(33-4)11-25(30,19(16)20(15)35-6)27(31,23(26)28)22(21(24)26)36-14(2)29/h15-23,30-31H,7-13H2,1-6H3/t15-,16-,17+,18+,19-,20+,21-,22+,23+,24+,25-,26?,27+/m1/s1. The number of hydrogen-bond acceptors (Lipinski definition) is 9. The van der Waals surface area contributed by atoms with Crippen LogP contribution in [0.1, 0.15) is 39.5 Å². The van der Waals surface area contributed by atoms with Gasteiger partial charge in [0.25, 0.3) is 0 Å². The molecule has 1 saturated heterocycles. The van der Waals surface area contributed by atoms with Gasteiger partial charge >= 0.3 is 5.97 Å². The van der Waals surface area contributed by atoms with E-state index >= 15 is 0 Å². The predicted octanol–water partition coefficient (Wildman–Crippen LogP) is 0.842. The number of fused-ring (bicyclic) bond motifs is 2. The second kappa shape index (κ2) is 8.10. The number of ether oxygens (including phenoxy) is 5. The number of methoxy groups -OCH3 is 4. The van der Waals surface area contributed by atoms with Gasteiger partial charge in [0, 0.05) is 76.9 Å². The molecule has 0 aromatic carbocycles. The van der Waals surface area contributed by atoms with Gasteiger partial charge in [-0.15, -0.1) is 0 Å². The first kappa shape index (κ1) is 25.5. The van der Waals surface area contributed by atoms with Crippen LogP contribution >= 0.6 is 0 Å². The third kappa shape index (κ3) is 2.55. The SMILES string of the molecule is CCN1C[C@]2(COC)CC[C@H](OC)C34[C@@H]5C[C@H]6[C@H](OC)[C@@H]5[C@](O)(C[C@@H]6OC)[C@](O)([C@@H](OC(C)=O)[C@@H]32)[C@@H]14. The van der Waals surface area contributed by atoms with E-state index in [9.17, 15) is 15.0 Å². The fraction of sp³-hybridized carbons (Fsp3) is 0.963. The highest BCUT2D eigenvalue weighted by Crippen LogP contribution is 2.80. The van der Waals surface area contributed by atoms with Gasteiger partial charge in [0.1, 0.15) is 17.3 Å². The Labute approximate surface area is 213 Å². The number of esters is 1. The van der Waals surface area contributed by atoms with E-state index in [1.54, 1.807) is 28.4 Å². The molecule has 13 atom stereocenters. The molecular weight excluding hydrogens is 466 g/mol. The van der Waals surface area contributed by atoms with Gasteiger partial charge in [0.2, 0.25) is 0 Å². The fourth-order valence-corrected chi connectivity index (χ4v) is 11.3. The third-order valence-electron chi connectivity index (χ3n) is 11.8. The maximum absolute atomic E-state index is 13.2. The van der Waals surface area contributed by atoms with Gasteiger partial charge in [-0.3, -0.25) is 9.69 Å².